The van der Waals surface area contributed by atoms with Gasteiger partial charge in [0.25, 0.3) is 11.4 Å². The maximum Gasteiger partial charge on any atom is 0.279 e. The summed E-state index contributed by atoms with van der Waals surface area (Å²) in [4.78, 5) is 35.1. The van der Waals surface area contributed by atoms with Crippen molar-refractivity contribution in [1.82, 2.24) is 4.98 Å². The standard InChI is InChI=1S/C11H15N3O5Si/c1-7-9(11(15)12-20(2,3)4)5-8(13(16)17)6-10(7)14(18)19/h5-6H,1-4H3,(H,12,15). The van der Waals surface area contributed by atoms with E-state index in [0.717, 1.165) is 12.1 Å². The van der Waals surface area contributed by atoms with Crippen molar-refractivity contribution in [2.24, 2.45) is 0 Å². The molecule has 0 saturated carbocycles. The fourth-order valence-electron chi connectivity index (χ4n) is 1.62. The predicted molar refractivity (Wildman–Crippen MR) is 75.3 cm³/mol. The number of hydrogen-bond acceptors (Lipinski definition) is 5. The largest absolute Gasteiger partial charge is 0.378 e. The summed E-state index contributed by atoms with van der Waals surface area (Å²) in [5.41, 5.74) is -0.812. The summed E-state index contributed by atoms with van der Waals surface area (Å²) in [5, 5.41) is 21.7. The molecule has 0 heterocycles. The first-order valence-electron chi connectivity index (χ1n) is 5.79. The number of benzene rings is 1. The van der Waals surface area contributed by atoms with E-state index in [1.807, 2.05) is 19.6 Å². The molecule has 8 nitrogen and oxygen atoms in total. The average Bonchev–Trinajstić information content (AvgIpc) is 2.25. The number of non-ortho nitro benzene ring substituents is 1. The third kappa shape index (κ3) is 3.60. The molecule has 0 aliphatic heterocycles. The van der Waals surface area contributed by atoms with Crippen LogP contribution in [-0.2, 0) is 0 Å². The van der Waals surface area contributed by atoms with Gasteiger partial charge in [0.05, 0.1) is 21.5 Å². The second-order valence-electron chi connectivity index (χ2n) is 5.36. The lowest BCUT2D eigenvalue weighted by Gasteiger charge is -2.18. The highest BCUT2D eigenvalue weighted by atomic mass is 28.3. The fraction of sp³-hybridized carbons (Fsp3) is 0.364. The number of nitro groups is 2. The SMILES string of the molecule is Cc1c(C(=O)N[Si](C)(C)C)cc([N+](=O)[O-])cc1[N+](=O)[O-]. The normalized spacial score (nSPS) is 11.0. The molecule has 0 spiro atoms. The number of hydrogen-bond donors (Lipinski definition) is 1. The molecular formula is C11H15N3O5Si. The topological polar surface area (TPSA) is 115 Å². The summed E-state index contributed by atoms with van der Waals surface area (Å²) in [6.45, 7) is 7.05. The Morgan fingerprint density at radius 2 is 1.70 bits per heavy atom. The monoisotopic (exact) mass is 297 g/mol. The van der Waals surface area contributed by atoms with E-state index in [-0.39, 0.29) is 11.1 Å². The van der Waals surface area contributed by atoms with Crippen LogP contribution in [0.15, 0.2) is 12.1 Å². The molecule has 1 aromatic rings. The van der Waals surface area contributed by atoms with Gasteiger partial charge < -0.3 is 4.98 Å². The molecule has 0 aliphatic carbocycles. The molecule has 1 N–H and O–H groups in total. The van der Waals surface area contributed by atoms with Gasteiger partial charge >= 0.3 is 0 Å². The molecule has 0 atom stereocenters. The van der Waals surface area contributed by atoms with Crippen LogP contribution < -0.4 is 4.98 Å². The van der Waals surface area contributed by atoms with Crippen molar-refractivity contribution in [1.29, 1.82) is 0 Å². The van der Waals surface area contributed by atoms with Crippen molar-refractivity contribution < 1.29 is 14.6 Å². The molecular weight excluding hydrogens is 282 g/mol. The van der Waals surface area contributed by atoms with E-state index in [4.69, 9.17) is 0 Å². The molecule has 1 amide bonds. The second kappa shape index (κ2) is 5.37. The number of carbonyl (C=O) groups excluding carboxylic acids is 1. The van der Waals surface area contributed by atoms with Crippen LogP contribution in [0.25, 0.3) is 0 Å². The van der Waals surface area contributed by atoms with Gasteiger partial charge in [0.2, 0.25) is 5.91 Å². The third-order valence-corrected chi connectivity index (χ3v) is 3.48. The van der Waals surface area contributed by atoms with Gasteiger partial charge in [-0.05, 0) is 6.92 Å². The second-order valence-corrected chi connectivity index (χ2v) is 10.1. The lowest BCUT2D eigenvalue weighted by Crippen LogP contribution is -2.45. The van der Waals surface area contributed by atoms with Crippen molar-refractivity contribution >= 4 is 25.5 Å². The van der Waals surface area contributed by atoms with E-state index in [2.05, 4.69) is 4.98 Å². The van der Waals surface area contributed by atoms with Gasteiger partial charge in [-0.1, -0.05) is 19.6 Å². The van der Waals surface area contributed by atoms with Gasteiger partial charge in [-0.3, -0.25) is 25.0 Å². The summed E-state index contributed by atoms with van der Waals surface area (Å²) in [6, 6.07) is 1.93. The Morgan fingerprint density at radius 3 is 2.10 bits per heavy atom. The van der Waals surface area contributed by atoms with E-state index in [1.165, 1.54) is 6.92 Å². The van der Waals surface area contributed by atoms with Crippen LogP contribution in [0.5, 0.6) is 0 Å². The quantitative estimate of drug-likeness (QED) is 0.520. The molecule has 108 valence electrons. The number of nitro benzene ring substituents is 2. The van der Waals surface area contributed by atoms with Gasteiger partial charge in [-0.15, -0.1) is 0 Å². The van der Waals surface area contributed by atoms with Crippen LogP contribution in [0.4, 0.5) is 11.4 Å². The Bertz CT molecular complexity index is 594. The molecule has 0 bridgehead atoms. The molecule has 20 heavy (non-hydrogen) atoms. The average molecular weight is 297 g/mol. The number of amides is 1. The number of carbonyl (C=O) groups is 1. The van der Waals surface area contributed by atoms with Crippen LogP contribution in [0.3, 0.4) is 0 Å². The maximum absolute atomic E-state index is 12.1. The summed E-state index contributed by atoms with van der Waals surface area (Å²) in [6.07, 6.45) is 0. The van der Waals surface area contributed by atoms with Gasteiger partial charge in [0.15, 0.2) is 0 Å². The smallest absolute Gasteiger partial charge is 0.279 e. The summed E-state index contributed by atoms with van der Waals surface area (Å²) < 4.78 is 0. The first-order chi connectivity index (χ1) is 9.03. The molecule has 0 unspecified atom stereocenters. The first kappa shape index (κ1) is 15.8. The minimum atomic E-state index is -1.95. The van der Waals surface area contributed by atoms with Crippen LogP contribution in [0.1, 0.15) is 15.9 Å². The van der Waals surface area contributed by atoms with Crippen LogP contribution >= 0.6 is 0 Å². The number of nitrogens with zero attached hydrogens (tertiary/aromatic N) is 2. The molecule has 1 aromatic carbocycles. The van der Waals surface area contributed by atoms with Crippen molar-refractivity contribution in [2.45, 2.75) is 26.6 Å². The molecule has 0 aromatic heterocycles. The predicted octanol–water partition coefficient (Wildman–Crippen LogP) is 2.38. The molecule has 0 radical (unpaired) electrons. The van der Waals surface area contributed by atoms with Gasteiger partial charge in [0.1, 0.15) is 8.24 Å². The van der Waals surface area contributed by atoms with E-state index >= 15 is 0 Å². The highest BCUT2D eigenvalue weighted by Crippen LogP contribution is 2.28. The minimum Gasteiger partial charge on any atom is -0.378 e. The Labute approximate surface area is 116 Å². The van der Waals surface area contributed by atoms with Crippen molar-refractivity contribution in [3.63, 3.8) is 0 Å². The van der Waals surface area contributed by atoms with Crippen LogP contribution in [-0.4, -0.2) is 24.0 Å². The maximum atomic E-state index is 12.1. The Balaban J connectivity index is 3.41. The zero-order valence-electron chi connectivity index (χ0n) is 11.6. The van der Waals surface area contributed by atoms with Crippen molar-refractivity contribution in [2.75, 3.05) is 0 Å². The van der Waals surface area contributed by atoms with Gasteiger partial charge in [-0.2, -0.15) is 0 Å². The van der Waals surface area contributed by atoms with Crippen LogP contribution in [0.2, 0.25) is 19.6 Å². The third-order valence-electron chi connectivity index (χ3n) is 2.51. The fourth-order valence-corrected chi connectivity index (χ4v) is 2.44. The Morgan fingerprint density at radius 1 is 1.15 bits per heavy atom. The Kier molecular flexibility index (Phi) is 4.23. The van der Waals surface area contributed by atoms with E-state index < -0.39 is 35.4 Å². The molecule has 1 rings (SSSR count). The van der Waals surface area contributed by atoms with E-state index in [1.54, 1.807) is 0 Å². The number of nitrogens with one attached hydrogen (secondary N) is 1. The lowest BCUT2D eigenvalue weighted by atomic mass is 10.1. The molecule has 0 saturated heterocycles. The molecule has 9 heteroatoms. The summed E-state index contributed by atoms with van der Waals surface area (Å²) >= 11 is 0. The van der Waals surface area contributed by atoms with E-state index in [0.29, 0.717) is 0 Å². The zero-order chi connectivity index (χ0) is 15.7. The highest BCUT2D eigenvalue weighted by molar-refractivity contribution is 6.76. The van der Waals surface area contributed by atoms with Crippen LogP contribution in [0, 0.1) is 27.2 Å². The summed E-state index contributed by atoms with van der Waals surface area (Å²) in [5.74, 6) is -0.520. The minimum absolute atomic E-state index is 0.0340. The van der Waals surface area contributed by atoms with E-state index in [9.17, 15) is 25.0 Å². The van der Waals surface area contributed by atoms with Crippen molar-refractivity contribution in [3.05, 3.63) is 43.5 Å². The summed E-state index contributed by atoms with van der Waals surface area (Å²) in [7, 11) is -1.95. The van der Waals surface area contributed by atoms with Gasteiger partial charge in [-0.25, -0.2) is 0 Å². The van der Waals surface area contributed by atoms with Crippen molar-refractivity contribution in [3.8, 4) is 0 Å². The lowest BCUT2D eigenvalue weighted by molar-refractivity contribution is -0.394. The zero-order valence-corrected chi connectivity index (χ0v) is 12.6. The highest BCUT2D eigenvalue weighted by Gasteiger charge is 2.26. The van der Waals surface area contributed by atoms with Gasteiger partial charge in [0, 0.05) is 11.6 Å². The first-order valence-corrected chi connectivity index (χ1v) is 9.29. The number of rotatable bonds is 4. The molecule has 0 aliphatic rings. The Hall–Kier alpha value is -2.29. The molecule has 0 fully saturated rings.